The highest BCUT2D eigenvalue weighted by atomic mass is 19.4. The normalized spacial score (nSPS) is 10.7. The van der Waals surface area contributed by atoms with Crippen molar-refractivity contribution in [3.63, 3.8) is 0 Å². The summed E-state index contributed by atoms with van der Waals surface area (Å²) in [6.07, 6.45) is -4.33. The summed E-state index contributed by atoms with van der Waals surface area (Å²) < 4.78 is 36.1. The van der Waals surface area contributed by atoms with Crippen molar-refractivity contribution in [2.45, 2.75) is 6.18 Å². The molecule has 1 rings (SSSR count). The van der Waals surface area contributed by atoms with E-state index in [1.165, 1.54) is 12.1 Å². The van der Waals surface area contributed by atoms with Crippen LogP contribution in [0.4, 0.5) is 18.9 Å². The highest BCUT2D eigenvalue weighted by molar-refractivity contribution is 5.50. The van der Waals surface area contributed by atoms with E-state index in [9.17, 15) is 13.2 Å². The van der Waals surface area contributed by atoms with Gasteiger partial charge in [0.25, 0.3) is 0 Å². The Kier molecular flexibility index (Phi) is 2.49. The summed E-state index contributed by atoms with van der Waals surface area (Å²) in [5.74, 6) is 0. The first-order valence-corrected chi connectivity index (χ1v) is 3.34. The van der Waals surface area contributed by atoms with Crippen molar-refractivity contribution in [1.82, 2.24) is 0 Å². The number of rotatable bonds is 1. The molecule has 1 aromatic rings. The number of halogens is 3. The standard InChI is InChI=1S/C8H5F3N2/c9-8(10,11)6-1-3-7(4-2-6)13-5-12/h1-4,12H. The van der Waals surface area contributed by atoms with Crippen LogP contribution >= 0.6 is 0 Å². The lowest BCUT2D eigenvalue weighted by atomic mass is 10.2. The van der Waals surface area contributed by atoms with Crippen molar-refractivity contribution in [3.05, 3.63) is 29.8 Å². The summed E-state index contributed by atoms with van der Waals surface area (Å²) >= 11 is 0. The van der Waals surface area contributed by atoms with E-state index >= 15 is 0 Å². The van der Waals surface area contributed by atoms with E-state index in [4.69, 9.17) is 5.41 Å². The Bertz CT molecular complexity index is 333. The second kappa shape index (κ2) is 3.41. The number of hydrogen-bond donors (Lipinski definition) is 1. The van der Waals surface area contributed by atoms with Gasteiger partial charge in [-0.15, -0.1) is 0 Å². The van der Waals surface area contributed by atoms with Gasteiger partial charge in [0.1, 0.15) is 0 Å². The van der Waals surface area contributed by atoms with E-state index in [1.54, 1.807) is 6.01 Å². The second-order valence-corrected chi connectivity index (χ2v) is 2.27. The molecule has 2 nitrogen and oxygen atoms in total. The first kappa shape index (κ1) is 9.48. The van der Waals surface area contributed by atoms with Crippen LogP contribution in [0, 0.1) is 5.41 Å². The highest BCUT2D eigenvalue weighted by Gasteiger charge is 2.29. The summed E-state index contributed by atoms with van der Waals surface area (Å²) in [5, 5.41) is 6.48. The van der Waals surface area contributed by atoms with E-state index < -0.39 is 11.7 Å². The number of nitrogens with one attached hydrogen (secondary N) is 1. The summed E-state index contributed by atoms with van der Waals surface area (Å²) in [7, 11) is 0. The molecule has 0 amide bonds. The molecule has 1 N–H and O–H groups in total. The maximum Gasteiger partial charge on any atom is 0.416 e. The minimum Gasteiger partial charge on any atom is -0.241 e. The van der Waals surface area contributed by atoms with E-state index in [1.807, 2.05) is 0 Å². The van der Waals surface area contributed by atoms with Crippen LogP contribution < -0.4 is 0 Å². The molecule has 0 atom stereocenters. The van der Waals surface area contributed by atoms with E-state index in [0.29, 0.717) is 0 Å². The van der Waals surface area contributed by atoms with Crippen LogP contribution in [0.5, 0.6) is 0 Å². The Balaban J connectivity index is 3.00. The Morgan fingerprint density at radius 2 is 1.69 bits per heavy atom. The van der Waals surface area contributed by atoms with Gasteiger partial charge in [-0.1, -0.05) is 0 Å². The average Bonchev–Trinajstić information content (AvgIpc) is 2.04. The first-order valence-electron chi connectivity index (χ1n) is 3.34. The summed E-state index contributed by atoms with van der Waals surface area (Å²) in [4.78, 5) is 3.38. The third kappa shape index (κ3) is 2.42. The lowest BCUT2D eigenvalue weighted by Gasteiger charge is -2.05. The highest BCUT2D eigenvalue weighted by Crippen LogP contribution is 2.30. The minimum atomic E-state index is -4.33. The molecule has 68 valence electrons. The first-order chi connectivity index (χ1) is 6.04. The molecule has 0 saturated heterocycles. The number of nitrogens with zero attached hydrogens (tertiary/aromatic N) is 1. The van der Waals surface area contributed by atoms with Crippen LogP contribution in [0.3, 0.4) is 0 Å². The maximum atomic E-state index is 12.0. The topological polar surface area (TPSA) is 36.2 Å². The largest absolute Gasteiger partial charge is 0.416 e. The summed E-state index contributed by atoms with van der Waals surface area (Å²) in [6, 6.07) is 5.93. The van der Waals surface area contributed by atoms with Gasteiger partial charge < -0.3 is 0 Å². The lowest BCUT2D eigenvalue weighted by molar-refractivity contribution is -0.137. The molecule has 0 fully saturated rings. The Morgan fingerprint density at radius 1 is 1.15 bits per heavy atom. The van der Waals surface area contributed by atoms with Gasteiger partial charge in [0.2, 0.25) is 0 Å². The third-order valence-corrected chi connectivity index (χ3v) is 1.38. The van der Waals surface area contributed by atoms with E-state index in [2.05, 4.69) is 4.99 Å². The van der Waals surface area contributed by atoms with Crippen molar-refractivity contribution in [2.75, 3.05) is 0 Å². The molecule has 5 heteroatoms. The van der Waals surface area contributed by atoms with Crippen molar-refractivity contribution < 1.29 is 13.2 Å². The van der Waals surface area contributed by atoms with Crippen molar-refractivity contribution in [2.24, 2.45) is 4.99 Å². The maximum absolute atomic E-state index is 12.0. The average molecular weight is 186 g/mol. The fourth-order valence-corrected chi connectivity index (χ4v) is 0.789. The van der Waals surface area contributed by atoms with Crippen LogP contribution in [0.2, 0.25) is 0 Å². The molecular formula is C8H5F3N2. The molecular weight excluding hydrogens is 181 g/mol. The Labute approximate surface area is 72.2 Å². The predicted molar refractivity (Wildman–Crippen MR) is 41.3 cm³/mol. The lowest BCUT2D eigenvalue weighted by Crippen LogP contribution is -2.03. The van der Waals surface area contributed by atoms with Crippen molar-refractivity contribution in [3.8, 4) is 0 Å². The molecule has 0 aliphatic carbocycles. The zero-order valence-corrected chi connectivity index (χ0v) is 6.39. The molecule has 0 aliphatic rings. The van der Waals surface area contributed by atoms with Crippen LogP contribution in [0.1, 0.15) is 5.56 Å². The smallest absolute Gasteiger partial charge is 0.241 e. The number of alkyl halides is 3. The number of aliphatic imine (C=N–C) groups is 1. The zero-order valence-electron chi connectivity index (χ0n) is 6.39. The predicted octanol–water partition coefficient (Wildman–Crippen LogP) is 3.09. The molecule has 0 saturated carbocycles. The van der Waals surface area contributed by atoms with Crippen LogP contribution in [0.25, 0.3) is 0 Å². The molecule has 0 unspecified atom stereocenters. The fourth-order valence-electron chi connectivity index (χ4n) is 0.789. The van der Waals surface area contributed by atoms with Crippen LogP contribution in [-0.4, -0.2) is 6.01 Å². The summed E-state index contributed by atoms with van der Waals surface area (Å²) in [5.41, 5.74) is -0.445. The minimum absolute atomic E-state index is 0.281. The van der Waals surface area contributed by atoms with Crippen LogP contribution in [-0.2, 0) is 6.18 Å². The summed E-state index contributed by atoms with van der Waals surface area (Å²) in [6.45, 7) is 0. The van der Waals surface area contributed by atoms with Gasteiger partial charge >= 0.3 is 6.18 Å². The molecule has 13 heavy (non-hydrogen) atoms. The Morgan fingerprint density at radius 3 is 2.08 bits per heavy atom. The molecule has 0 bridgehead atoms. The quantitative estimate of drug-likeness (QED) is 0.654. The molecule has 1 aromatic carbocycles. The van der Waals surface area contributed by atoms with Gasteiger partial charge in [-0.3, -0.25) is 0 Å². The van der Waals surface area contributed by atoms with E-state index in [-0.39, 0.29) is 5.69 Å². The SMILES string of the molecule is N=C=Nc1ccc(C(F)(F)F)cc1. The van der Waals surface area contributed by atoms with Gasteiger partial charge in [-0.05, 0) is 24.3 Å². The second-order valence-electron chi connectivity index (χ2n) is 2.27. The third-order valence-electron chi connectivity index (χ3n) is 1.38. The fraction of sp³-hybridized carbons (Fsp3) is 0.125. The monoisotopic (exact) mass is 186 g/mol. The van der Waals surface area contributed by atoms with Gasteiger partial charge in [-0.2, -0.15) is 18.2 Å². The molecule has 0 aromatic heterocycles. The molecule has 0 heterocycles. The molecule has 0 radical (unpaired) electrons. The zero-order chi connectivity index (χ0) is 9.90. The number of benzene rings is 1. The van der Waals surface area contributed by atoms with Crippen molar-refractivity contribution >= 4 is 11.7 Å². The van der Waals surface area contributed by atoms with Gasteiger partial charge in [-0.25, -0.2) is 5.41 Å². The number of hydrogen-bond acceptors (Lipinski definition) is 2. The molecule has 0 spiro atoms. The molecule has 0 aliphatic heterocycles. The van der Waals surface area contributed by atoms with E-state index in [0.717, 1.165) is 12.1 Å². The van der Waals surface area contributed by atoms with Gasteiger partial charge in [0.05, 0.1) is 17.3 Å². The van der Waals surface area contributed by atoms with Crippen molar-refractivity contribution in [1.29, 1.82) is 5.41 Å². The Hall–Kier alpha value is -1.61. The van der Waals surface area contributed by atoms with Crippen LogP contribution in [0.15, 0.2) is 29.3 Å². The van der Waals surface area contributed by atoms with Gasteiger partial charge in [0.15, 0.2) is 0 Å². The van der Waals surface area contributed by atoms with Gasteiger partial charge in [0, 0.05) is 0 Å².